The van der Waals surface area contributed by atoms with Gasteiger partial charge in [-0.1, -0.05) is 103 Å². The molecule has 0 bridgehead atoms. The molecule has 0 fully saturated rings. The van der Waals surface area contributed by atoms with Gasteiger partial charge in [0.05, 0.1) is 5.71 Å². The molecule has 0 saturated heterocycles. The lowest BCUT2D eigenvalue weighted by molar-refractivity contribution is 0.665. The average molecular weight is 422 g/mol. The molecule has 1 heterocycles. The van der Waals surface area contributed by atoms with Crippen LogP contribution in [-0.4, -0.2) is 13.6 Å². The summed E-state index contributed by atoms with van der Waals surface area (Å²) in [4.78, 5) is 5.16. The van der Waals surface area contributed by atoms with Gasteiger partial charge in [0.25, 0.3) is 0 Å². The smallest absolute Gasteiger partial charge is 0.145 e. The Morgan fingerprint density at radius 3 is 1.94 bits per heavy atom. The molecule has 0 aromatic heterocycles. The van der Waals surface area contributed by atoms with E-state index in [1.807, 2.05) is 0 Å². The van der Waals surface area contributed by atoms with Crippen molar-refractivity contribution in [1.82, 2.24) is 5.32 Å². The van der Waals surface area contributed by atoms with Gasteiger partial charge in [-0.05, 0) is 50.9 Å². The summed E-state index contributed by atoms with van der Waals surface area (Å²) in [6.07, 6.45) is 2.02. The summed E-state index contributed by atoms with van der Waals surface area (Å²) >= 11 is 0. The first kappa shape index (κ1) is 19.6. The maximum absolute atomic E-state index is 5.16. The molecule has 6 rings (SSSR count). The Balaban J connectivity index is 1.48. The summed E-state index contributed by atoms with van der Waals surface area (Å²) in [6.45, 7) is 0. The standard InChI is InChI=1S/C30H23BN2/c31-27-15-13-22(14-16-27)28-19-29(25-11-9-20-5-1-3-7-23(20)17-25)33-30(32-28)26-12-10-21-6-2-4-8-24(21)18-26/h1-19,30,32H,31H2. The van der Waals surface area contributed by atoms with Crippen molar-refractivity contribution in [2.24, 2.45) is 4.99 Å². The van der Waals surface area contributed by atoms with E-state index in [4.69, 9.17) is 4.99 Å². The minimum atomic E-state index is -0.155. The second kappa shape index (κ2) is 8.11. The fourth-order valence-electron chi connectivity index (χ4n) is 4.48. The van der Waals surface area contributed by atoms with E-state index in [0.717, 1.165) is 22.5 Å². The van der Waals surface area contributed by atoms with Gasteiger partial charge >= 0.3 is 0 Å². The first-order valence-corrected chi connectivity index (χ1v) is 11.3. The van der Waals surface area contributed by atoms with Crippen LogP contribution in [0.2, 0.25) is 0 Å². The molecule has 2 nitrogen and oxygen atoms in total. The van der Waals surface area contributed by atoms with Crippen LogP contribution in [0.1, 0.15) is 22.9 Å². The molecule has 1 unspecified atom stereocenters. The van der Waals surface area contributed by atoms with Gasteiger partial charge in [0.15, 0.2) is 0 Å². The monoisotopic (exact) mass is 422 g/mol. The van der Waals surface area contributed by atoms with Crippen molar-refractivity contribution in [2.75, 3.05) is 0 Å². The summed E-state index contributed by atoms with van der Waals surface area (Å²) < 4.78 is 0. The molecule has 156 valence electrons. The average Bonchev–Trinajstić information content (AvgIpc) is 2.88. The van der Waals surface area contributed by atoms with E-state index in [1.54, 1.807) is 0 Å². The normalized spacial score (nSPS) is 15.7. The van der Waals surface area contributed by atoms with E-state index < -0.39 is 0 Å². The molecular weight excluding hydrogens is 399 g/mol. The molecule has 0 amide bonds. The number of fused-ring (bicyclic) bond motifs is 2. The van der Waals surface area contributed by atoms with Crippen molar-refractivity contribution in [2.45, 2.75) is 6.17 Å². The molecule has 1 N–H and O–H groups in total. The topological polar surface area (TPSA) is 24.4 Å². The number of hydrogen-bond acceptors (Lipinski definition) is 2. The molecule has 5 aromatic carbocycles. The number of hydrogen-bond donors (Lipinski definition) is 1. The van der Waals surface area contributed by atoms with Crippen LogP contribution in [0.4, 0.5) is 0 Å². The lowest BCUT2D eigenvalue weighted by Crippen LogP contribution is -2.25. The Kier molecular flexibility index (Phi) is 4.81. The Morgan fingerprint density at radius 2 is 1.21 bits per heavy atom. The van der Waals surface area contributed by atoms with E-state index in [-0.39, 0.29) is 6.17 Å². The Bertz CT molecular complexity index is 1550. The fourth-order valence-corrected chi connectivity index (χ4v) is 4.48. The second-order valence-corrected chi connectivity index (χ2v) is 8.65. The summed E-state index contributed by atoms with van der Waals surface area (Å²) in [5.41, 5.74) is 6.79. The fraction of sp³-hybridized carbons (Fsp3) is 0.0333. The number of benzene rings is 5. The Hall–Kier alpha value is -4.11. The number of nitrogens with zero attached hydrogens (tertiary/aromatic N) is 1. The minimum Gasteiger partial charge on any atom is -0.360 e. The molecule has 0 spiro atoms. The Labute approximate surface area is 194 Å². The zero-order valence-corrected chi connectivity index (χ0v) is 18.5. The number of allylic oxidation sites excluding steroid dienone is 1. The van der Waals surface area contributed by atoms with Crippen molar-refractivity contribution in [3.63, 3.8) is 0 Å². The third-order valence-electron chi connectivity index (χ3n) is 6.34. The van der Waals surface area contributed by atoms with Crippen molar-refractivity contribution < 1.29 is 0 Å². The number of nitrogens with one attached hydrogen (secondary N) is 1. The SMILES string of the molecule is Bc1ccc(C2=CC(c3ccc4ccccc4c3)=NC(c3ccc4ccccc4c3)N2)cc1. The van der Waals surface area contributed by atoms with Gasteiger partial charge in [-0.2, -0.15) is 0 Å². The molecule has 1 aliphatic rings. The van der Waals surface area contributed by atoms with E-state index in [1.165, 1.54) is 32.6 Å². The second-order valence-electron chi connectivity index (χ2n) is 8.65. The van der Waals surface area contributed by atoms with Crippen LogP contribution in [0, 0.1) is 0 Å². The van der Waals surface area contributed by atoms with E-state index in [0.29, 0.717) is 0 Å². The summed E-state index contributed by atoms with van der Waals surface area (Å²) in [5.74, 6) is 0. The van der Waals surface area contributed by atoms with Crippen molar-refractivity contribution in [1.29, 1.82) is 0 Å². The number of aliphatic imine (C=N–C) groups is 1. The van der Waals surface area contributed by atoms with Crippen molar-refractivity contribution in [3.8, 4) is 0 Å². The van der Waals surface area contributed by atoms with Gasteiger partial charge in [-0.15, -0.1) is 0 Å². The molecule has 1 aliphatic heterocycles. The van der Waals surface area contributed by atoms with Gasteiger partial charge in [0, 0.05) is 11.3 Å². The van der Waals surface area contributed by atoms with Crippen LogP contribution in [0.15, 0.2) is 120 Å². The predicted octanol–water partition coefficient (Wildman–Crippen LogP) is 5.38. The quantitative estimate of drug-likeness (QED) is 0.388. The van der Waals surface area contributed by atoms with Gasteiger partial charge in [0.1, 0.15) is 14.0 Å². The highest BCUT2D eigenvalue weighted by atomic mass is 15.1. The molecule has 1 atom stereocenters. The predicted molar refractivity (Wildman–Crippen MR) is 143 cm³/mol. The van der Waals surface area contributed by atoms with E-state index in [9.17, 15) is 0 Å². The first-order chi connectivity index (χ1) is 16.2. The molecule has 0 radical (unpaired) electrons. The van der Waals surface area contributed by atoms with Crippen LogP contribution in [0.3, 0.4) is 0 Å². The third-order valence-corrected chi connectivity index (χ3v) is 6.34. The van der Waals surface area contributed by atoms with Crippen LogP contribution >= 0.6 is 0 Å². The van der Waals surface area contributed by atoms with Crippen molar-refractivity contribution >= 4 is 46.3 Å². The lowest BCUT2D eigenvalue weighted by Gasteiger charge is -2.25. The van der Waals surface area contributed by atoms with Gasteiger partial charge < -0.3 is 5.32 Å². The van der Waals surface area contributed by atoms with Crippen LogP contribution in [0.25, 0.3) is 27.2 Å². The molecule has 5 aromatic rings. The van der Waals surface area contributed by atoms with Crippen LogP contribution in [-0.2, 0) is 0 Å². The highest BCUT2D eigenvalue weighted by Crippen LogP contribution is 2.29. The zero-order chi connectivity index (χ0) is 22.2. The van der Waals surface area contributed by atoms with E-state index in [2.05, 4.69) is 128 Å². The molecule has 0 saturated carbocycles. The molecule has 0 aliphatic carbocycles. The van der Waals surface area contributed by atoms with Crippen LogP contribution < -0.4 is 10.8 Å². The third kappa shape index (κ3) is 3.83. The zero-order valence-electron chi connectivity index (χ0n) is 18.5. The van der Waals surface area contributed by atoms with Gasteiger partial charge in [-0.3, -0.25) is 4.99 Å². The molecule has 3 heteroatoms. The minimum absolute atomic E-state index is 0.155. The molecule has 33 heavy (non-hydrogen) atoms. The summed E-state index contributed by atoms with van der Waals surface area (Å²) in [6, 6.07) is 38.8. The van der Waals surface area contributed by atoms with Crippen LogP contribution in [0.5, 0.6) is 0 Å². The first-order valence-electron chi connectivity index (χ1n) is 11.3. The van der Waals surface area contributed by atoms with Crippen molar-refractivity contribution in [3.05, 3.63) is 132 Å². The number of rotatable bonds is 3. The Morgan fingerprint density at radius 1 is 0.606 bits per heavy atom. The highest BCUT2D eigenvalue weighted by molar-refractivity contribution is 6.32. The summed E-state index contributed by atoms with van der Waals surface area (Å²) in [5, 5.41) is 8.62. The summed E-state index contributed by atoms with van der Waals surface area (Å²) in [7, 11) is 2.12. The maximum atomic E-state index is 5.16. The maximum Gasteiger partial charge on any atom is 0.145 e. The van der Waals surface area contributed by atoms with E-state index >= 15 is 0 Å². The largest absolute Gasteiger partial charge is 0.360 e. The molecular formula is C30H23BN2. The van der Waals surface area contributed by atoms with Gasteiger partial charge in [0.2, 0.25) is 0 Å². The van der Waals surface area contributed by atoms with Gasteiger partial charge in [-0.25, -0.2) is 0 Å². The lowest BCUT2D eigenvalue weighted by atomic mass is 9.93. The highest BCUT2D eigenvalue weighted by Gasteiger charge is 2.20.